The van der Waals surface area contributed by atoms with Crippen molar-refractivity contribution in [1.29, 1.82) is 0 Å². The molecule has 1 aromatic carbocycles. The third-order valence-electron chi connectivity index (χ3n) is 2.72. The number of carbonyl (C=O) groups is 2. The van der Waals surface area contributed by atoms with Crippen LogP contribution in [0, 0.1) is 0 Å². The van der Waals surface area contributed by atoms with E-state index in [2.05, 4.69) is 27.8 Å². The van der Waals surface area contributed by atoms with Crippen molar-refractivity contribution in [2.24, 2.45) is 5.73 Å². The second-order valence-electron chi connectivity index (χ2n) is 4.62. The molecule has 8 heteroatoms. The van der Waals surface area contributed by atoms with Crippen LogP contribution in [-0.4, -0.2) is 17.9 Å². The molecule has 0 aliphatic rings. The van der Waals surface area contributed by atoms with E-state index < -0.39 is 29.6 Å². The lowest BCUT2D eigenvalue weighted by molar-refractivity contribution is -0.137. The van der Waals surface area contributed by atoms with Gasteiger partial charge in [0.1, 0.15) is 6.04 Å². The Bertz CT molecular complexity index is 588. The molecule has 0 fully saturated rings. The summed E-state index contributed by atoms with van der Waals surface area (Å²) in [5.74, 6) is -1.35. The minimum absolute atomic E-state index is 0.101. The highest BCUT2D eigenvalue weighted by Crippen LogP contribution is 2.29. The standard InChI is InChI=1S/C14H14BrF3N2O2/c1-8(15)5-11(13(19)22)20-12(21)7-9-3-2-4-10(6-9)14(16,17)18/h2-4,6,11H,1,5,7H2,(H2,19,22)(H,20,21)/t11-/m1/s1. The maximum Gasteiger partial charge on any atom is 0.416 e. The zero-order valence-corrected chi connectivity index (χ0v) is 13.0. The number of carbonyl (C=O) groups excluding carboxylic acids is 2. The summed E-state index contributed by atoms with van der Waals surface area (Å²) in [4.78, 5) is 23.0. The number of halogens is 4. The Hall–Kier alpha value is -1.83. The number of hydrogen-bond acceptors (Lipinski definition) is 2. The molecule has 0 spiro atoms. The predicted octanol–water partition coefficient (Wildman–Crippen LogP) is 2.52. The van der Waals surface area contributed by atoms with E-state index in [0.717, 1.165) is 12.1 Å². The zero-order chi connectivity index (χ0) is 16.9. The van der Waals surface area contributed by atoms with Crippen LogP contribution in [-0.2, 0) is 22.2 Å². The number of nitrogens with two attached hydrogens (primary N) is 1. The molecule has 0 aliphatic carbocycles. The molecule has 120 valence electrons. The molecule has 0 aromatic heterocycles. The van der Waals surface area contributed by atoms with Crippen molar-refractivity contribution in [3.8, 4) is 0 Å². The molecule has 0 saturated heterocycles. The van der Waals surface area contributed by atoms with Crippen LogP contribution in [0.5, 0.6) is 0 Å². The molecule has 0 radical (unpaired) electrons. The maximum atomic E-state index is 12.6. The highest BCUT2D eigenvalue weighted by Gasteiger charge is 2.30. The Morgan fingerprint density at radius 2 is 2.00 bits per heavy atom. The molecule has 2 amide bonds. The summed E-state index contributed by atoms with van der Waals surface area (Å²) < 4.78 is 38.2. The molecule has 1 rings (SSSR count). The molecule has 4 nitrogen and oxygen atoms in total. The fraction of sp³-hybridized carbons (Fsp3) is 0.286. The molecule has 1 atom stereocenters. The fourth-order valence-corrected chi connectivity index (χ4v) is 2.06. The third kappa shape index (κ3) is 5.88. The highest BCUT2D eigenvalue weighted by molar-refractivity contribution is 9.11. The van der Waals surface area contributed by atoms with Crippen LogP contribution >= 0.6 is 15.9 Å². The van der Waals surface area contributed by atoms with E-state index in [-0.39, 0.29) is 18.4 Å². The minimum Gasteiger partial charge on any atom is -0.368 e. The van der Waals surface area contributed by atoms with Gasteiger partial charge in [-0.15, -0.1) is 0 Å². The zero-order valence-electron chi connectivity index (χ0n) is 11.4. The summed E-state index contributed by atoms with van der Waals surface area (Å²) in [6, 6.07) is 3.46. The van der Waals surface area contributed by atoms with Crippen molar-refractivity contribution in [3.63, 3.8) is 0 Å². The van der Waals surface area contributed by atoms with Crippen molar-refractivity contribution in [1.82, 2.24) is 5.32 Å². The van der Waals surface area contributed by atoms with Gasteiger partial charge < -0.3 is 11.1 Å². The summed E-state index contributed by atoms with van der Waals surface area (Å²) in [5.41, 5.74) is 4.50. The van der Waals surface area contributed by atoms with Gasteiger partial charge >= 0.3 is 6.18 Å². The van der Waals surface area contributed by atoms with Crippen molar-refractivity contribution in [2.75, 3.05) is 0 Å². The second kappa shape index (κ2) is 7.44. The number of benzene rings is 1. The normalized spacial score (nSPS) is 12.5. The van der Waals surface area contributed by atoms with E-state index in [9.17, 15) is 22.8 Å². The van der Waals surface area contributed by atoms with E-state index in [1.165, 1.54) is 12.1 Å². The van der Waals surface area contributed by atoms with E-state index in [4.69, 9.17) is 5.73 Å². The number of amides is 2. The number of rotatable bonds is 6. The van der Waals surface area contributed by atoms with Crippen molar-refractivity contribution >= 4 is 27.7 Å². The quantitative estimate of drug-likeness (QED) is 0.798. The van der Waals surface area contributed by atoms with Crippen LogP contribution in [0.25, 0.3) is 0 Å². The van der Waals surface area contributed by atoms with Crippen molar-refractivity contribution in [3.05, 3.63) is 46.5 Å². The molecular weight excluding hydrogens is 365 g/mol. The van der Waals surface area contributed by atoms with Gasteiger partial charge in [0.25, 0.3) is 0 Å². The van der Waals surface area contributed by atoms with Gasteiger partial charge in [0.2, 0.25) is 11.8 Å². The fourth-order valence-electron chi connectivity index (χ4n) is 1.73. The number of hydrogen-bond donors (Lipinski definition) is 2. The SMILES string of the molecule is C=C(Br)C[C@@H](NC(=O)Cc1cccc(C(F)(F)F)c1)C(N)=O. The smallest absolute Gasteiger partial charge is 0.368 e. The van der Waals surface area contributed by atoms with Gasteiger partial charge in [-0.1, -0.05) is 40.7 Å². The maximum absolute atomic E-state index is 12.6. The van der Waals surface area contributed by atoms with Crippen LogP contribution < -0.4 is 11.1 Å². The average molecular weight is 379 g/mol. The Morgan fingerprint density at radius 3 is 2.50 bits per heavy atom. The first-order valence-electron chi connectivity index (χ1n) is 6.17. The van der Waals surface area contributed by atoms with Gasteiger partial charge in [-0.05, 0) is 16.1 Å². The molecule has 0 unspecified atom stereocenters. The Morgan fingerprint density at radius 1 is 1.36 bits per heavy atom. The summed E-state index contributed by atoms with van der Waals surface area (Å²) in [5, 5.41) is 2.37. The molecular formula is C14H14BrF3N2O2. The first-order chi connectivity index (χ1) is 10.1. The lowest BCUT2D eigenvalue weighted by Gasteiger charge is -2.15. The molecule has 0 heterocycles. The van der Waals surface area contributed by atoms with E-state index in [1.807, 2.05) is 0 Å². The van der Waals surface area contributed by atoms with Crippen LogP contribution in [0.4, 0.5) is 13.2 Å². The lowest BCUT2D eigenvalue weighted by Crippen LogP contribution is -2.45. The molecule has 0 aliphatic heterocycles. The van der Waals surface area contributed by atoms with Gasteiger partial charge in [0.05, 0.1) is 12.0 Å². The lowest BCUT2D eigenvalue weighted by atomic mass is 10.1. The van der Waals surface area contributed by atoms with E-state index in [0.29, 0.717) is 4.48 Å². The molecule has 3 N–H and O–H groups in total. The van der Waals surface area contributed by atoms with Crippen molar-refractivity contribution in [2.45, 2.75) is 25.1 Å². The molecule has 0 bridgehead atoms. The van der Waals surface area contributed by atoms with Gasteiger partial charge in [0, 0.05) is 6.42 Å². The Kier molecular flexibility index (Phi) is 6.16. The molecule has 0 saturated carbocycles. The van der Waals surface area contributed by atoms with Crippen LogP contribution in [0.3, 0.4) is 0 Å². The molecule has 22 heavy (non-hydrogen) atoms. The van der Waals surface area contributed by atoms with Gasteiger partial charge in [0.15, 0.2) is 0 Å². The Labute approximate surface area is 133 Å². The van der Waals surface area contributed by atoms with Crippen LogP contribution in [0.1, 0.15) is 17.5 Å². The average Bonchev–Trinajstić information content (AvgIpc) is 2.36. The first kappa shape index (κ1) is 18.2. The number of alkyl halides is 3. The predicted molar refractivity (Wildman–Crippen MR) is 79.0 cm³/mol. The van der Waals surface area contributed by atoms with Gasteiger partial charge in [-0.25, -0.2) is 0 Å². The largest absolute Gasteiger partial charge is 0.416 e. The second-order valence-corrected chi connectivity index (χ2v) is 5.74. The van der Waals surface area contributed by atoms with Crippen molar-refractivity contribution < 1.29 is 22.8 Å². The summed E-state index contributed by atoms with van der Waals surface area (Å²) in [6.45, 7) is 3.54. The topological polar surface area (TPSA) is 72.2 Å². The van der Waals surface area contributed by atoms with E-state index >= 15 is 0 Å². The summed E-state index contributed by atoms with van der Waals surface area (Å²) in [7, 11) is 0. The van der Waals surface area contributed by atoms with E-state index in [1.54, 1.807) is 0 Å². The third-order valence-corrected chi connectivity index (χ3v) is 3.05. The number of nitrogens with one attached hydrogen (secondary N) is 1. The summed E-state index contributed by atoms with van der Waals surface area (Å²) in [6.07, 6.45) is -4.66. The monoisotopic (exact) mass is 378 g/mol. The van der Waals surface area contributed by atoms with Crippen LogP contribution in [0.2, 0.25) is 0 Å². The first-order valence-corrected chi connectivity index (χ1v) is 6.97. The van der Waals surface area contributed by atoms with Gasteiger partial charge in [-0.2, -0.15) is 13.2 Å². The Balaban J connectivity index is 2.76. The summed E-state index contributed by atoms with van der Waals surface area (Å²) >= 11 is 3.05. The van der Waals surface area contributed by atoms with Crippen LogP contribution in [0.15, 0.2) is 35.3 Å². The van der Waals surface area contributed by atoms with Gasteiger partial charge in [-0.3, -0.25) is 9.59 Å². The minimum atomic E-state index is -4.48. The number of primary amides is 1. The highest BCUT2D eigenvalue weighted by atomic mass is 79.9. The molecule has 1 aromatic rings.